The second-order valence-corrected chi connectivity index (χ2v) is 12.2. The van der Waals surface area contributed by atoms with E-state index in [0.717, 1.165) is 37.2 Å². The molecule has 0 radical (unpaired) electrons. The van der Waals surface area contributed by atoms with Gasteiger partial charge in [-0.2, -0.15) is 0 Å². The van der Waals surface area contributed by atoms with Gasteiger partial charge in [0.15, 0.2) is 23.1 Å². The summed E-state index contributed by atoms with van der Waals surface area (Å²) in [4.78, 5) is 28.9. The smallest absolute Gasteiger partial charge is 0.306 e. The number of amidine groups is 1. The van der Waals surface area contributed by atoms with Crippen LogP contribution in [-0.4, -0.2) is 68.1 Å². The first kappa shape index (κ1) is 31.6. The van der Waals surface area contributed by atoms with Crippen LogP contribution < -0.4 is 19.1 Å². The zero-order chi connectivity index (χ0) is 29.6. The molecular weight excluding hydrogens is 609 g/mol. The number of ether oxygens (including phenoxy) is 3. The van der Waals surface area contributed by atoms with E-state index in [1.165, 1.54) is 14.2 Å². The number of nitrogens with one attached hydrogen (secondary N) is 1. The van der Waals surface area contributed by atoms with Gasteiger partial charge in [0.25, 0.3) is 0 Å². The van der Waals surface area contributed by atoms with Crippen molar-refractivity contribution in [3.8, 4) is 17.2 Å². The third kappa shape index (κ3) is 5.93. The molecule has 2 fully saturated rings. The summed E-state index contributed by atoms with van der Waals surface area (Å²) < 4.78 is 32.1. The van der Waals surface area contributed by atoms with Crippen molar-refractivity contribution in [2.45, 2.75) is 52.0 Å². The number of benzene rings is 2. The van der Waals surface area contributed by atoms with Gasteiger partial charge >= 0.3 is 5.97 Å². The van der Waals surface area contributed by atoms with E-state index < -0.39 is 11.8 Å². The van der Waals surface area contributed by atoms with Crippen LogP contribution in [0.4, 0.5) is 10.1 Å². The maximum atomic E-state index is 15.3. The van der Waals surface area contributed by atoms with Crippen LogP contribution in [0.1, 0.15) is 67.1 Å². The zero-order valence-corrected chi connectivity index (χ0v) is 26.4. The molecule has 1 aliphatic carbocycles. The van der Waals surface area contributed by atoms with E-state index in [2.05, 4.69) is 25.7 Å². The van der Waals surface area contributed by atoms with Gasteiger partial charge in [-0.3, -0.25) is 15.0 Å². The molecule has 5 rings (SSSR count). The topological polar surface area (TPSA) is 112 Å². The molecule has 1 saturated carbocycles. The molecule has 2 atom stereocenters. The molecule has 228 valence electrons. The Morgan fingerprint density at radius 3 is 2.36 bits per heavy atom. The Morgan fingerprint density at radius 1 is 1.10 bits per heavy atom. The highest BCUT2D eigenvalue weighted by atomic mass is 79.9. The summed E-state index contributed by atoms with van der Waals surface area (Å²) in [5.74, 6) is -1.22. The average molecular weight is 649 g/mol. The molecule has 2 unspecified atom stereocenters. The monoisotopic (exact) mass is 647 g/mol. The van der Waals surface area contributed by atoms with Crippen LogP contribution in [-0.2, 0) is 16.8 Å². The maximum absolute atomic E-state index is 15.3. The molecule has 0 spiro atoms. The van der Waals surface area contributed by atoms with Crippen LogP contribution in [0.5, 0.6) is 17.2 Å². The average Bonchev–Trinajstić information content (AvgIpc) is 3.36. The standard InChI is InChI=1S/C31H38FN3O6.BrH/c1-31(2,3)21-11-17(12-22(34-8-6-7-9-34)27(21)41-16-19-10-20(19)30(37)38)23(36)15-35-14-18-13-24(39-4)28(40-5)26(32)25(18)29(35)33;/h11-13,19-20,33H,6-10,14-16H2,1-5H3,(H,37,38);1H. The number of aliphatic carboxylic acids is 1. The van der Waals surface area contributed by atoms with Crippen molar-refractivity contribution in [1.82, 2.24) is 4.90 Å². The zero-order valence-electron chi connectivity index (χ0n) is 24.7. The number of rotatable bonds is 10. The molecule has 11 heteroatoms. The Morgan fingerprint density at radius 2 is 1.79 bits per heavy atom. The predicted octanol–water partition coefficient (Wildman–Crippen LogP) is 5.44. The Hall–Kier alpha value is -3.34. The predicted molar refractivity (Wildman–Crippen MR) is 163 cm³/mol. The first-order valence-electron chi connectivity index (χ1n) is 14.0. The van der Waals surface area contributed by atoms with Crippen molar-refractivity contribution >= 4 is 40.3 Å². The van der Waals surface area contributed by atoms with Crippen molar-refractivity contribution in [3.05, 3.63) is 46.3 Å². The molecule has 1 saturated heterocycles. The first-order chi connectivity index (χ1) is 19.4. The van der Waals surface area contributed by atoms with Gasteiger partial charge in [-0.15, -0.1) is 17.0 Å². The quantitative estimate of drug-likeness (QED) is 0.328. The number of Topliss-reactive ketones (excluding diaryl/α,β-unsaturated/α-hetero) is 1. The summed E-state index contributed by atoms with van der Waals surface area (Å²) >= 11 is 0. The highest BCUT2D eigenvalue weighted by Gasteiger charge is 2.44. The van der Waals surface area contributed by atoms with E-state index in [0.29, 0.717) is 29.9 Å². The summed E-state index contributed by atoms with van der Waals surface area (Å²) in [5.41, 5.74) is 2.53. The van der Waals surface area contributed by atoms with Crippen LogP contribution in [0.2, 0.25) is 0 Å². The maximum Gasteiger partial charge on any atom is 0.306 e. The van der Waals surface area contributed by atoms with Gasteiger partial charge in [0.2, 0.25) is 0 Å². The minimum atomic E-state index is -0.790. The molecule has 2 aliphatic heterocycles. The molecule has 42 heavy (non-hydrogen) atoms. The number of carbonyl (C=O) groups is 2. The molecular formula is C31H39BrFN3O6. The summed E-state index contributed by atoms with van der Waals surface area (Å²) in [6, 6.07) is 5.37. The SMILES string of the molecule is Br.COc1cc2c(c(F)c1OC)C(=N)N(CC(=O)c1cc(N3CCCC3)c(OCC3CC3C(=O)O)c(C(C)(C)C)c1)C2. The van der Waals surface area contributed by atoms with Gasteiger partial charge in [0, 0.05) is 36.7 Å². The van der Waals surface area contributed by atoms with Gasteiger partial charge in [-0.05, 0) is 48.4 Å². The number of anilines is 1. The van der Waals surface area contributed by atoms with E-state index >= 15 is 4.39 Å². The van der Waals surface area contributed by atoms with E-state index in [1.807, 2.05) is 12.1 Å². The van der Waals surface area contributed by atoms with Crippen molar-refractivity contribution in [2.75, 3.05) is 45.4 Å². The van der Waals surface area contributed by atoms with E-state index in [1.54, 1.807) is 11.0 Å². The second-order valence-electron chi connectivity index (χ2n) is 12.2. The Kier molecular flexibility index (Phi) is 9.11. The lowest BCUT2D eigenvalue weighted by molar-refractivity contribution is -0.138. The fraction of sp³-hybridized carbons (Fsp3) is 0.516. The number of hydrogen-bond acceptors (Lipinski definition) is 7. The summed E-state index contributed by atoms with van der Waals surface area (Å²) in [5, 5.41) is 18.0. The van der Waals surface area contributed by atoms with Crippen LogP contribution >= 0.6 is 17.0 Å². The molecule has 0 aromatic heterocycles. The van der Waals surface area contributed by atoms with E-state index in [-0.39, 0.29) is 76.0 Å². The van der Waals surface area contributed by atoms with Gasteiger partial charge < -0.3 is 29.1 Å². The van der Waals surface area contributed by atoms with Gasteiger partial charge in [-0.25, -0.2) is 4.39 Å². The van der Waals surface area contributed by atoms with E-state index in [4.69, 9.17) is 19.6 Å². The summed E-state index contributed by atoms with van der Waals surface area (Å²) in [6.45, 7) is 8.29. The lowest BCUT2D eigenvalue weighted by Gasteiger charge is -2.30. The number of fused-ring (bicyclic) bond motifs is 1. The van der Waals surface area contributed by atoms with Crippen LogP contribution in [0.15, 0.2) is 18.2 Å². The van der Waals surface area contributed by atoms with Gasteiger partial charge in [-0.1, -0.05) is 20.8 Å². The Balaban J connectivity index is 0.00000405. The molecule has 2 heterocycles. The van der Waals surface area contributed by atoms with Crippen LogP contribution in [0.25, 0.3) is 0 Å². The fourth-order valence-electron chi connectivity index (χ4n) is 5.82. The molecule has 0 bridgehead atoms. The van der Waals surface area contributed by atoms with E-state index in [9.17, 15) is 14.7 Å². The highest BCUT2D eigenvalue weighted by molar-refractivity contribution is 8.93. The molecule has 3 aliphatic rings. The lowest BCUT2D eigenvalue weighted by Crippen LogP contribution is -2.31. The summed E-state index contributed by atoms with van der Waals surface area (Å²) in [6.07, 6.45) is 2.68. The number of methoxy groups -OCH3 is 2. The number of ketones is 1. The number of nitrogens with zero attached hydrogens (tertiary/aromatic N) is 2. The Bertz CT molecular complexity index is 1400. The normalized spacial score (nSPS) is 19.3. The highest BCUT2D eigenvalue weighted by Crippen LogP contribution is 2.45. The molecule has 2 aromatic carbocycles. The van der Waals surface area contributed by atoms with Crippen molar-refractivity contribution in [1.29, 1.82) is 5.41 Å². The first-order valence-corrected chi connectivity index (χ1v) is 14.0. The summed E-state index contributed by atoms with van der Waals surface area (Å²) in [7, 11) is 2.78. The minimum Gasteiger partial charge on any atom is -0.493 e. The van der Waals surface area contributed by atoms with Gasteiger partial charge in [0.1, 0.15) is 11.6 Å². The molecule has 0 amide bonds. The largest absolute Gasteiger partial charge is 0.493 e. The van der Waals surface area contributed by atoms with Crippen molar-refractivity contribution < 1.29 is 33.3 Å². The minimum absolute atomic E-state index is 0. The number of hydrogen-bond donors (Lipinski definition) is 2. The van der Waals surface area contributed by atoms with Crippen LogP contribution in [0, 0.1) is 23.1 Å². The Labute approximate surface area is 256 Å². The number of carboxylic acid groups (broad SMARTS) is 1. The van der Waals surface area contributed by atoms with Crippen molar-refractivity contribution in [2.24, 2.45) is 11.8 Å². The molecule has 2 N–H and O–H groups in total. The number of carbonyl (C=O) groups excluding carboxylic acids is 1. The van der Waals surface area contributed by atoms with Crippen LogP contribution in [0.3, 0.4) is 0 Å². The second kappa shape index (κ2) is 12.1. The number of halogens is 2. The molecule has 2 aromatic rings. The third-order valence-corrected chi connectivity index (χ3v) is 8.27. The number of carboxylic acids is 1. The van der Waals surface area contributed by atoms with Gasteiger partial charge in [0.05, 0.1) is 44.5 Å². The van der Waals surface area contributed by atoms with Crippen molar-refractivity contribution in [3.63, 3.8) is 0 Å². The lowest BCUT2D eigenvalue weighted by atomic mass is 9.84. The third-order valence-electron chi connectivity index (χ3n) is 8.27. The molecule has 9 nitrogen and oxygen atoms in total. The fourth-order valence-corrected chi connectivity index (χ4v) is 5.82.